The fraction of sp³-hybridized carbons (Fsp3) is 0.500. The molecule has 0 saturated heterocycles. The zero-order valence-electron chi connectivity index (χ0n) is 4.90. The van der Waals surface area contributed by atoms with Crippen LogP contribution in [-0.4, -0.2) is 0 Å². The molecule has 0 saturated carbocycles. The normalized spacial score (nSPS) is 16.9. The van der Waals surface area contributed by atoms with Crippen molar-refractivity contribution in [1.82, 2.24) is 5.32 Å². The highest BCUT2D eigenvalue weighted by Crippen LogP contribution is 2.06. The average Bonchev–Trinajstić information content (AvgIpc) is 2.19. The molecule has 1 rings (SSSR count). The van der Waals surface area contributed by atoms with Crippen LogP contribution in [0.15, 0.2) is 12.0 Å². The Hall–Kier alpha value is -0.660. The second kappa shape index (κ2) is 2.60. The molecule has 2 radical (unpaired) electrons. The predicted molar refractivity (Wildman–Crippen MR) is 30.5 cm³/mol. The van der Waals surface area contributed by atoms with E-state index in [1.165, 1.54) is 0 Å². The Bertz CT molecular complexity index is 98.7. The molecule has 0 aromatic heterocycles. The second-order valence-corrected chi connectivity index (χ2v) is 1.74. The van der Waals surface area contributed by atoms with Crippen molar-refractivity contribution in [2.75, 3.05) is 0 Å². The van der Waals surface area contributed by atoms with E-state index in [1.807, 2.05) is 0 Å². The van der Waals surface area contributed by atoms with Crippen molar-refractivity contribution in [3.63, 3.8) is 0 Å². The molecule has 0 aromatic carbocycles. The Kier molecular flexibility index (Phi) is 1.78. The largest absolute Gasteiger partial charge is 0.461 e. The lowest BCUT2D eigenvalue weighted by atomic mass is 10.3. The van der Waals surface area contributed by atoms with Crippen molar-refractivity contribution in [2.45, 2.75) is 19.8 Å². The summed E-state index contributed by atoms with van der Waals surface area (Å²) in [7, 11) is 0. The Morgan fingerprint density at radius 3 is 3.25 bits per heavy atom. The van der Waals surface area contributed by atoms with Crippen molar-refractivity contribution in [3.05, 3.63) is 18.7 Å². The van der Waals surface area contributed by atoms with Crippen molar-refractivity contribution >= 4 is 0 Å². The lowest BCUT2D eigenvalue weighted by molar-refractivity contribution is 0.345. The van der Waals surface area contributed by atoms with Crippen LogP contribution in [0.5, 0.6) is 0 Å². The zero-order chi connectivity index (χ0) is 5.82. The molecule has 0 bridgehead atoms. The Morgan fingerprint density at radius 2 is 2.75 bits per heavy atom. The third kappa shape index (κ3) is 1.15. The first-order chi connectivity index (χ1) is 3.93. The maximum absolute atomic E-state index is 4.69. The minimum atomic E-state index is 1.05. The molecule has 1 N–H and O–H groups in total. The molecule has 8 heavy (non-hydrogen) atoms. The molecule has 1 aliphatic rings. The van der Waals surface area contributed by atoms with Gasteiger partial charge < -0.3 is 10.1 Å². The molecule has 0 amide bonds. The van der Waals surface area contributed by atoms with Gasteiger partial charge in [-0.1, -0.05) is 13.3 Å². The molecule has 0 fully saturated rings. The van der Waals surface area contributed by atoms with E-state index >= 15 is 0 Å². The van der Waals surface area contributed by atoms with Gasteiger partial charge in [0.2, 0.25) is 0 Å². The van der Waals surface area contributed by atoms with Gasteiger partial charge in [0.1, 0.15) is 6.26 Å². The van der Waals surface area contributed by atoms with Crippen molar-refractivity contribution in [1.29, 1.82) is 0 Å². The van der Waals surface area contributed by atoms with Crippen LogP contribution in [0.3, 0.4) is 0 Å². The highest BCUT2D eigenvalue weighted by molar-refractivity contribution is 5.00. The van der Waals surface area contributed by atoms with E-state index in [0.29, 0.717) is 0 Å². The summed E-state index contributed by atoms with van der Waals surface area (Å²) in [5.41, 5.74) is 1.12. The highest BCUT2D eigenvalue weighted by Gasteiger charge is 2.02. The maximum Gasteiger partial charge on any atom is 0.311 e. The van der Waals surface area contributed by atoms with Gasteiger partial charge in [0.05, 0.1) is 0 Å². The molecule has 44 valence electrons. The van der Waals surface area contributed by atoms with Crippen LogP contribution in [0.25, 0.3) is 0 Å². The van der Waals surface area contributed by atoms with Gasteiger partial charge in [0.25, 0.3) is 0 Å². The van der Waals surface area contributed by atoms with Crippen molar-refractivity contribution in [2.24, 2.45) is 0 Å². The van der Waals surface area contributed by atoms with Crippen LogP contribution >= 0.6 is 0 Å². The van der Waals surface area contributed by atoms with Crippen LogP contribution in [-0.2, 0) is 4.74 Å². The lowest BCUT2D eigenvalue weighted by Gasteiger charge is -1.93. The first-order valence-corrected chi connectivity index (χ1v) is 2.79. The van der Waals surface area contributed by atoms with Crippen molar-refractivity contribution in [3.8, 4) is 0 Å². The SMILES string of the molecule is CCCC1=CO[C]N1. The summed E-state index contributed by atoms with van der Waals surface area (Å²) in [6, 6.07) is 0. The Balaban J connectivity index is 2.23. The second-order valence-electron chi connectivity index (χ2n) is 1.74. The standard InChI is InChI=1S/C6H9NO/c1-2-3-6-4-8-5-7-6/h4,7H,2-3H2,1H3. The number of rotatable bonds is 2. The van der Waals surface area contributed by atoms with Gasteiger partial charge in [-0.3, -0.25) is 0 Å². The lowest BCUT2D eigenvalue weighted by Crippen LogP contribution is -2.01. The van der Waals surface area contributed by atoms with Gasteiger partial charge in [-0.15, -0.1) is 0 Å². The number of nitrogens with one attached hydrogen (secondary N) is 1. The summed E-state index contributed by atoms with van der Waals surface area (Å²) in [6.45, 7) is 4.64. The molecule has 1 heterocycles. The molecule has 0 atom stereocenters. The van der Waals surface area contributed by atoms with E-state index in [2.05, 4.69) is 23.7 Å². The predicted octanol–water partition coefficient (Wildman–Crippen LogP) is 1.24. The maximum atomic E-state index is 4.69. The minimum Gasteiger partial charge on any atom is -0.461 e. The summed E-state index contributed by atoms with van der Waals surface area (Å²) in [4.78, 5) is 0. The van der Waals surface area contributed by atoms with Gasteiger partial charge in [0.15, 0.2) is 0 Å². The monoisotopic (exact) mass is 111 g/mol. The fourth-order valence-electron chi connectivity index (χ4n) is 0.616. The van der Waals surface area contributed by atoms with Crippen molar-refractivity contribution < 1.29 is 4.74 Å². The fourth-order valence-corrected chi connectivity index (χ4v) is 0.616. The number of ether oxygens (including phenoxy) is 1. The van der Waals surface area contributed by atoms with Gasteiger partial charge in [-0.05, 0) is 6.42 Å². The highest BCUT2D eigenvalue weighted by atomic mass is 16.5. The van der Waals surface area contributed by atoms with E-state index in [4.69, 9.17) is 0 Å². The van der Waals surface area contributed by atoms with E-state index < -0.39 is 0 Å². The molecule has 2 heteroatoms. The topological polar surface area (TPSA) is 21.3 Å². The molecule has 1 aliphatic heterocycles. The van der Waals surface area contributed by atoms with Crippen LogP contribution in [0.2, 0.25) is 0 Å². The molecule has 0 spiro atoms. The summed E-state index contributed by atoms with van der Waals surface area (Å²) in [5, 5.41) is 2.85. The van der Waals surface area contributed by atoms with Crippen LogP contribution in [0.4, 0.5) is 0 Å². The van der Waals surface area contributed by atoms with Crippen LogP contribution in [0.1, 0.15) is 19.8 Å². The van der Waals surface area contributed by atoms with E-state index in [0.717, 1.165) is 18.5 Å². The molecule has 0 unspecified atom stereocenters. The van der Waals surface area contributed by atoms with Gasteiger partial charge >= 0.3 is 6.73 Å². The Labute approximate surface area is 49.5 Å². The van der Waals surface area contributed by atoms with E-state index in [1.54, 1.807) is 6.26 Å². The third-order valence-corrected chi connectivity index (χ3v) is 0.991. The van der Waals surface area contributed by atoms with Crippen LogP contribution < -0.4 is 5.32 Å². The summed E-state index contributed by atoms with van der Waals surface area (Å²) < 4.78 is 4.69. The minimum absolute atomic E-state index is 1.05. The molecular weight excluding hydrogens is 102 g/mol. The molecule has 0 aliphatic carbocycles. The van der Waals surface area contributed by atoms with E-state index in [-0.39, 0.29) is 0 Å². The van der Waals surface area contributed by atoms with Gasteiger partial charge in [-0.2, -0.15) is 0 Å². The molecular formula is C6H9NO. The summed E-state index contributed by atoms with van der Waals surface area (Å²) >= 11 is 0. The molecule has 2 nitrogen and oxygen atoms in total. The Morgan fingerprint density at radius 1 is 1.88 bits per heavy atom. The van der Waals surface area contributed by atoms with Gasteiger partial charge in [-0.25, -0.2) is 0 Å². The van der Waals surface area contributed by atoms with Gasteiger partial charge in [0, 0.05) is 5.70 Å². The zero-order valence-corrected chi connectivity index (χ0v) is 4.90. The van der Waals surface area contributed by atoms with E-state index in [9.17, 15) is 0 Å². The average molecular weight is 111 g/mol. The first-order valence-electron chi connectivity index (χ1n) is 2.79. The quantitative estimate of drug-likeness (QED) is 0.579. The number of allylic oxidation sites excluding steroid dienone is 1. The van der Waals surface area contributed by atoms with Crippen LogP contribution in [0, 0.1) is 6.73 Å². The summed E-state index contributed by atoms with van der Waals surface area (Å²) in [5.74, 6) is 0. The number of hydrogen-bond acceptors (Lipinski definition) is 2. The smallest absolute Gasteiger partial charge is 0.311 e. The summed E-state index contributed by atoms with van der Waals surface area (Å²) in [6.07, 6.45) is 3.88. The third-order valence-electron chi connectivity index (χ3n) is 0.991. The first kappa shape index (κ1) is 5.48. The molecule has 0 aromatic rings. The number of hydrogen-bond donors (Lipinski definition) is 1.